The number of piperidine rings is 1. The maximum atomic E-state index is 12.3. The number of nitrogens with zero attached hydrogens (tertiary/aromatic N) is 1. The lowest BCUT2D eigenvalue weighted by Crippen LogP contribution is -2.51. The van der Waals surface area contributed by atoms with E-state index in [1.807, 2.05) is 39.0 Å². The first-order chi connectivity index (χ1) is 10.4. The van der Waals surface area contributed by atoms with Crippen molar-refractivity contribution in [2.24, 2.45) is 5.92 Å². The first-order valence-electron chi connectivity index (χ1n) is 7.61. The minimum Gasteiger partial charge on any atom is -0.484 e. The van der Waals surface area contributed by atoms with Gasteiger partial charge in [0, 0.05) is 6.54 Å². The highest BCUT2D eigenvalue weighted by atomic mass is 16.5. The van der Waals surface area contributed by atoms with Gasteiger partial charge < -0.3 is 14.7 Å². The SMILES string of the molecule is Cc1ccc(OCC(=O)N2CCC(C)CC2C(=O)O)cc1C. The molecule has 2 atom stereocenters. The van der Waals surface area contributed by atoms with Crippen molar-refractivity contribution in [1.29, 1.82) is 0 Å². The van der Waals surface area contributed by atoms with Crippen LogP contribution in [0.25, 0.3) is 0 Å². The predicted octanol–water partition coefficient (Wildman–Crippen LogP) is 2.39. The molecule has 1 aromatic carbocycles. The van der Waals surface area contributed by atoms with Crippen molar-refractivity contribution in [3.8, 4) is 5.75 Å². The van der Waals surface area contributed by atoms with Crippen LogP contribution in [0, 0.1) is 19.8 Å². The van der Waals surface area contributed by atoms with Crippen molar-refractivity contribution in [3.63, 3.8) is 0 Å². The number of carbonyl (C=O) groups excluding carboxylic acids is 1. The lowest BCUT2D eigenvalue weighted by molar-refractivity contribution is -0.153. The smallest absolute Gasteiger partial charge is 0.326 e. The summed E-state index contributed by atoms with van der Waals surface area (Å²) in [4.78, 5) is 25.1. The van der Waals surface area contributed by atoms with Crippen LogP contribution in [0.3, 0.4) is 0 Å². The van der Waals surface area contributed by atoms with Crippen LogP contribution in [-0.4, -0.2) is 41.1 Å². The Morgan fingerprint density at radius 3 is 2.68 bits per heavy atom. The molecule has 0 aromatic heterocycles. The zero-order valence-corrected chi connectivity index (χ0v) is 13.3. The van der Waals surface area contributed by atoms with Gasteiger partial charge in [-0.25, -0.2) is 4.79 Å². The number of benzene rings is 1. The lowest BCUT2D eigenvalue weighted by atomic mass is 9.92. The van der Waals surface area contributed by atoms with E-state index in [0.29, 0.717) is 24.6 Å². The van der Waals surface area contributed by atoms with Gasteiger partial charge in [0.15, 0.2) is 6.61 Å². The normalized spacial score (nSPS) is 21.5. The number of aryl methyl sites for hydroxylation is 2. The molecule has 0 radical (unpaired) electrons. The number of carboxylic acids is 1. The third-order valence-corrected chi connectivity index (χ3v) is 4.31. The van der Waals surface area contributed by atoms with E-state index in [4.69, 9.17) is 4.74 Å². The fraction of sp³-hybridized carbons (Fsp3) is 0.529. The van der Waals surface area contributed by atoms with Gasteiger partial charge >= 0.3 is 5.97 Å². The quantitative estimate of drug-likeness (QED) is 0.927. The topological polar surface area (TPSA) is 66.8 Å². The summed E-state index contributed by atoms with van der Waals surface area (Å²) < 4.78 is 5.53. The van der Waals surface area contributed by atoms with E-state index in [0.717, 1.165) is 17.5 Å². The van der Waals surface area contributed by atoms with Crippen molar-refractivity contribution in [1.82, 2.24) is 4.90 Å². The van der Waals surface area contributed by atoms with E-state index in [9.17, 15) is 14.7 Å². The van der Waals surface area contributed by atoms with Gasteiger partial charge in [0.05, 0.1) is 0 Å². The molecule has 120 valence electrons. The van der Waals surface area contributed by atoms with E-state index in [1.165, 1.54) is 4.90 Å². The first-order valence-corrected chi connectivity index (χ1v) is 7.61. The van der Waals surface area contributed by atoms with Crippen LogP contribution in [0.2, 0.25) is 0 Å². The highest BCUT2D eigenvalue weighted by Gasteiger charge is 2.34. The Hall–Kier alpha value is -2.04. The van der Waals surface area contributed by atoms with E-state index in [2.05, 4.69) is 0 Å². The molecule has 1 fully saturated rings. The first kappa shape index (κ1) is 16.3. The van der Waals surface area contributed by atoms with Crippen LogP contribution in [0.15, 0.2) is 18.2 Å². The summed E-state index contributed by atoms with van der Waals surface area (Å²) in [7, 11) is 0. The van der Waals surface area contributed by atoms with Crippen LogP contribution < -0.4 is 4.74 Å². The third kappa shape index (κ3) is 3.78. The molecule has 1 heterocycles. The summed E-state index contributed by atoms with van der Waals surface area (Å²) in [6, 6.07) is 4.91. The van der Waals surface area contributed by atoms with Gasteiger partial charge in [0.25, 0.3) is 5.91 Å². The number of rotatable bonds is 4. The summed E-state index contributed by atoms with van der Waals surface area (Å²) in [5.41, 5.74) is 2.26. The maximum absolute atomic E-state index is 12.3. The van der Waals surface area contributed by atoms with Gasteiger partial charge in [0.1, 0.15) is 11.8 Å². The van der Waals surface area contributed by atoms with E-state index in [1.54, 1.807) is 0 Å². The molecule has 22 heavy (non-hydrogen) atoms. The number of carboxylic acid groups (broad SMARTS) is 1. The number of hydrogen-bond acceptors (Lipinski definition) is 3. The average Bonchev–Trinajstić information content (AvgIpc) is 2.48. The van der Waals surface area contributed by atoms with Gasteiger partial charge in [-0.15, -0.1) is 0 Å². The summed E-state index contributed by atoms with van der Waals surface area (Å²) in [6.45, 7) is 6.37. The summed E-state index contributed by atoms with van der Waals surface area (Å²) in [5.74, 6) is -0.247. The fourth-order valence-corrected chi connectivity index (χ4v) is 2.71. The molecular formula is C17H23NO4. The van der Waals surface area contributed by atoms with Crippen molar-refractivity contribution >= 4 is 11.9 Å². The summed E-state index contributed by atoms with van der Waals surface area (Å²) >= 11 is 0. The Labute approximate surface area is 130 Å². The second-order valence-corrected chi connectivity index (χ2v) is 6.11. The van der Waals surface area contributed by atoms with E-state index in [-0.39, 0.29) is 12.5 Å². The molecule has 0 aliphatic carbocycles. The van der Waals surface area contributed by atoms with Crippen molar-refractivity contribution in [2.45, 2.75) is 39.7 Å². The molecule has 0 spiro atoms. The highest BCUT2D eigenvalue weighted by Crippen LogP contribution is 2.23. The minimum absolute atomic E-state index is 0.124. The number of likely N-dealkylation sites (tertiary alicyclic amines) is 1. The van der Waals surface area contributed by atoms with Crippen LogP contribution in [0.1, 0.15) is 30.9 Å². The molecular weight excluding hydrogens is 282 g/mol. The maximum Gasteiger partial charge on any atom is 0.326 e. The molecule has 1 saturated heterocycles. The van der Waals surface area contributed by atoms with Crippen LogP contribution in [-0.2, 0) is 9.59 Å². The fourth-order valence-electron chi connectivity index (χ4n) is 2.71. The zero-order valence-electron chi connectivity index (χ0n) is 13.3. The number of ether oxygens (including phenoxy) is 1. The summed E-state index contributed by atoms with van der Waals surface area (Å²) in [5, 5.41) is 9.29. The molecule has 1 aliphatic heterocycles. The molecule has 1 aromatic rings. The van der Waals surface area contributed by atoms with E-state index < -0.39 is 12.0 Å². The van der Waals surface area contributed by atoms with Gasteiger partial charge in [-0.1, -0.05) is 13.0 Å². The van der Waals surface area contributed by atoms with Gasteiger partial charge in [-0.2, -0.15) is 0 Å². The Kier molecular flexibility index (Phi) is 5.06. The molecule has 2 unspecified atom stereocenters. The van der Waals surface area contributed by atoms with Crippen LogP contribution >= 0.6 is 0 Å². The number of amides is 1. The third-order valence-electron chi connectivity index (χ3n) is 4.31. The standard InChI is InChI=1S/C17H23NO4/c1-11-6-7-18(15(8-11)17(20)21)16(19)10-22-14-5-4-12(2)13(3)9-14/h4-5,9,11,15H,6-8,10H2,1-3H3,(H,20,21). The zero-order chi connectivity index (χ0) is 16.3. The van der Waals surface area contributed by atoms with Crippen molar-refractivity contribution in [2.75, 3.05) is 13.2 Å². The van der Waals surface area contributed by atoms with Crippen molar-refractivity contribution in [3.05, 3.63) is 29.3 Å². The number of aliphatic carboxylic acids is 1. The molecule has 5 heteroatoms. The second kappa shape index (κ2) is 6.81. The molecule has 2 rings (SSSR count). The Balaban J connectivity index is 1.98. The van der Waals surface area contributed by atoms with Crippen molar-refractivity contribution < 1.29 is 19.4 Å². The number of carbonyl (C=O) groups is 2. The van der Waals surface area contributed by atoms with Crippen LogP contribution in [0.4, 0.5) is 0 Å². The van der Waals surface area contributed by atoms with Gasteiger partial charge in [-0.3, -0.25) is 4.79 Å². The van der Waals surface area contributed by atoms with Crippen LogP contribution in [0.5, 0.6) is 5.75 Å². The Bertz CT molecular complexity index is 570. The minimum atomic E-state index is -0.939. The average molecular weight is 305 g/mol. The molecule has 1 aliphatic rings. The molecule has 1 N–H and O–H groups in total. The van der Waals surface area contributed by atoms with Gasteiger partial charge in [-0.05, 0) is 55.9 Å². The summed E-state index contributed by atoms with van der Waals surface area (Å²) in [6.07, 6.45) is 1.34. The monoisotopic (exact) mass is 305 g/mol. The van der Waals surface area contributed by atoms with E-state index >= 15 is 0 Å². The predicted molar refractivity (Wildman–Crippen MR) is 82.9 cm³/mol. The number of hydrogen-bond donors (Lipinski definition) is 1. The van der Waals surface area contributed by atoms with Gasteiger partial charge in [0.2, 0.25) is 0 Å². The molecule has 0 saturated carbocycles. The largest absolute Gasteiger partial charge is 0.484 e. The molecule has 5 nitrogen and oxygen atoms in total. The highest BCUT2D eigenvalue weighted by molar-refractivity contribution is 5.84. The Morgan fingerprint density at radius 1 is 1.32 bits per heavy atom. The second-order valence-electron chi connectivity index (χ2n) is 6.11. The molecule has 1 amide bonds. The Morgan fingerprint density at radius 2 is 2.05 bits per heavy atom. The lowest BCUT2D eigenvalue weighted by Gasteiger charge is -2.35. The molecule has 0 bridgehead atoms.